The van der Waals surface area contributed by atoms with Crippen molar-refractivity contribution in [2.45, 2.75) is 6.92 Å². The standard InChI is InChI=1S/C16H11N3O6/c1-9-2-3-10(6-14(9)19(23)24)17-16(20)13-8-25-15-5-4-11(18(21)22)7-12(13)15/h2-8H,1H3,(H,17,20). The summed E-state index contributed by atoms with van der Waals surface area (Å²) >= 11 is 0. The van der Waals surface area contributed by atoms with Gasteiger partial charge in [-0.15, -0.1) is 0 Å². The van der Waals surface area contributed by atoms with Gasteiger partial charge in [0.25, 0.3) is 17.3 Å². The number of nitrogens with zero attached hydrogens (tertiary/aromatic N) is 2. The van der Waals surface area contributed by atoms with E-state index in [-0.39, 0.29) is 28.0 Å². The van der Waals surface area contributed by atoms with Crippen LogP contribution in [0.5, 0.6) is 0 Å². The lowest BCUT2D eigenvalue weighted by molar-refractivity contribution is -0.385. The van der Waals surface area contributed by atoms with E-state index in [9.17, 15) is 25.0 Å². The summed E-state index contributed by atoms with van der Waals surface area (Å²) in [7, 11) is 0. The number of hydrogen-bond donors (Lipinski definition) is 1. The average molecular weight is 341 g/mol. The second kappa shape index (κ2) is 6.04. The lowest BCUT2D eigenvalue weighted by Gasteiger charge is -2.05. The van der Waals surface area contributed by atoms with Gasteiger partial charge in [-0.05, 0) is 19.1 Å². The second-order valence-electron chi connectivity index (χ2n) is 5.30. The molecule has 2 aromatic carbocycles. The SMILES string of the molecule is Cc1ccc(NC(=O)c2coc3ccc([N+](=O)[O-])cc23)cc1[N+](=O)[O-]. The van der Waals surface area contributed by atoms with E-state index in [0.717, 1.165) is 0 Å². The molecule has 25 heavy (non-hydrogen) atoms. The molecule has 1 N–H and O–H groups in total. The Morgan fingerprint density at radius 3 is 2.52 bits per heavy atom. The third-order valence-electron chi connectivity index (χ3n) is 3.68. The van der Waals surface area contributed by atoms with Gasteiger partial charge in [0, 0.05) is 34.8 Å². The molecule has 0 atom stereocenters. The van der Waals surface area contributed by atoms with E-state index in [1.807, 2.05) is 0 Å². The van der Waals surface area contributed by atoms with E-state index in [1.165, 1.54) is 42.7 Å². The van der Waals surface area contributed by atoms with E-state index in [2.05, 4.69) is 5.32 Å². The average Bonchev–Trinajstić information content (AvgIpc) is 2.99. The van der Waals surface area contributed by atoms with Crippen LogP contribution in [0, 0.1) is 27.2 Å². The summed E-state index contributed by atoms with van der Waals surface area (Å²) in [5.74, 6) is -0.586. The van der Waals surface area contributed by atoms with E-state index < -0.39 is 15.8 Å². The zero-order chi connectivity index (χ0) is 18.1. The minimum atomic E-state index is -0.586. The van der Waals surface area contributed by atoms with Crippen LogP contribution in [0.1, 0.15) is 15.9 Å². The van der Waals surface area contributed by atoms with Gasteiger partial charge in [0.1, 0.15) is 11.8 Å². The summed E-state index contributed by atoms with van der Waals surface area (Å²) in [6, 6.07) is 8.22. The number of amides is 1. The number of furan rings is 1. The Balaban J connectivity index is 1.95. The first-order chi connectivity index (χ1) is 11.9. The molecule has 0 saturated carbocycles. The van der Waals surface area contributed by atoms with Crippen LogP contribution in [0.2, 0.25) is 0 Å². The van der Waals surface area contributed by atoms with Crippen molar-refractivity contribution in [2.24, 2.45) is 0 Å². The van der Waals surface area contributed by atoms with Crippen LogP contribution in [0.4, 0.5) is 17.1 Å². The number of benzene rings is 2. The summed E-state index contributed by atoms with van der Waals surface area (Å²) in [5.41, 5.74) is 0.835. The zero-order valence-electron chi connectivity index (χ0n) is 12.9. The molecule has 0 unspecified atom stereocenters. The molecular formula is C16H11N3O6. The van der Waals surface area contributed by atoms with Gasteiger partial charge in [-0.25, -0.2) is 0 Å². The highest BCUT2D eigenvalue weighted by molar-refractivity contribution is 6.12. The molecule has 126 valence electrons. The van der Waals surface area contributed by atoms with Crippen LogP contribution in [-0.2, 0) is 0 Å². The Bertz CT molecular complexity index is 1020. The Morgan fingerprint density at radius 2 is 1.84 bits per heavy atom. The van der Waals surface area contributed by atoms with Crippen molar-refractivity contribution < 1.29 is 19.1 Å². The molecule has 0 bridgehead atoms. The summed E-state index contributed by atoms with van der Waals surface area (Å²) in [4.78, 5) is 33.2. The monoisotopic (exact) mass is 341 g/mol. The van der Waals surface area contributed by atoms with E-state index in [4.69, 9.17) is 4.42 Å². The largest absolute Gasteiger partial charge is 0.463 e. The molecule has 3 rings (SSSR count). The maximum atomic E-state index is 12.4. The predicted molar refractivity (Wildman–Crippen MR) is 88.7 cm³/mol. The van der Waals surface area contributed by atoms with Crippen molar-refractivity contribution >= 4 is 33.9 Å². The van der Waals surface area contributed by atoms with E-state index in [0.29, 0.717) is 11.1 Å². The normalized spacial score (nSPS) is 10.6. The fourth-order valence-corrected chi connectivity index (χ4v) is 2.39. The van der Waals surface area contributed by atoms with Gasteiger partial charge in [0.15, 0.2) is 0 Å². The first-order valence-electron chi connectivity index (χ1n) is 7.09. The second-order valence-corrected chi connectivity index (χ2v) is 5.30. The molecule has 3 aromatic rings. The summed E-state index contributed by atoms with van der Waals surface area (Å²) in [6.07, 6.45) is 1.19. The number of nitrogens with one attached hydrogen (secondary N) is 1. The van der Waals surface area contributed by atoms with Crippen molar-refractivity contribution in [3.63, 3.8) is 0 Å². The van der Waals surface area contributed by atoms with Crippen LogP contribution in [0.3, 0.4) is 0 Å². The number of nitro groups is 2. The molecule has 0 fully saturated rings. The maximum absolute atomic E-state index is 12.4. The molecular weight excluding hydrogens is 330 g/mol. The van der Waals surface area contributed by atoms with Gasteiger partial charge < -0.3 is 9.73 Å². The van der Waals surface area contributed by atoms with Crippen molar-refractivity contribution in [1.82, 2.24) is 0 Å². The fraction of sp³-hybridized carbons (Fsp3) is 0.0625. The predicted octanol–water partition coefficient (Wildman–Crippen LogP) is 3.81. The Labute approximate surface area is 140 Å². The number of rotatable bonds is 4. The summed E-state index contributed by atoms with van der Waals surface area (Å²) in [5, 5.41) is 24.7. The van der Waals surface area contributed by atoms with Gasteiger partial charge in [0.2, 0.25) is 0 Å². The smallest absolute Gasteiger partial charge is 0.274 e. The molecule has 0 aliphatic rings. The third kappa shape index (κ3) is 3.02. The number of aryl methyl sites for hydroxylation is 1. The molecule has 1 amide bonds. The highest BCUT2D eigenvalue weighted by atomic mass is 16.6. The number of anilines is 1. The molecule has 0 aliphatic heterocycles. The summed E-state index contributed by atoms with van der Waals surface area (Å²) < 4.78 is 5.23. The maximum Gasteiger partial charge on any atom is 0.274 e. The molecule has 0 radical (unpaired) electrons. The van der Waals surface area contributed by atoms with E-state index >= 15 is 0 Å². The van der Waals surface area contributed by atoms with E-state index in [1.54, 1.807) is 6.92 Å². The molecule has 9 nitrogen and oxygen atoms in total. The first kappa shape index (κ1) is 16.1. The molecule has 0 saturated heterocycles. The first-order valence-corrected chi connectivity index (χ1v) is 7.09. The van der Waals surface area contributed by atoms with Gasteiger partial charge in [0.05, 0.1) is 15.4 Å². The number of fused-ring (bicyclic) bond motifs is 1. The van der Waals surface area contributed by atoms with Gasteiger partial charge in [-0.1, -0.05) is 6.07 Å². The minimum Gasteiger partial charge on any atom is -0.463 e. The van der Waals surface area contributed by atoms with Crippen molar-refractivity contribution in [3.05, 3.63) is 74.0 Å². The van der Waals surface area contributed by atoms with Crippen LogP contribution in [-0.4, -0.2) is 15.8 Å². The molecule has 0 aliphatic carbocycles. The van der Waals surface area contributed by atoms with Crippen LogP contribution < -0.4 is 5.32 Å². The topological polar surface area (TPSA) is 129 Å². The summed E-state index contributed by atoms with van der Waals surface area (Å²) in [6.45, 7) is 1.59. The number of carbonyl (C=O) groups excluding carboxylic acids is 1. The number of non-ortho nitro benzene ring substituents is 1. The quantitative estimate of drug-likeness (QED) is 0.567. The fourth-order valence-electron chi connectivity index (χ4n) is 2.39. The van der Waals surface area contributed by atoms with Crippen molar-refractivity contribution in [1.29, 1.82) is 0 Å². The number of hydrogen-bond acceptors (Lipinski definition) is 6. The Morgan fingerprint density at radius 1 is 1.08 bits per heavy atom. The lowest BCUT2D eigenvalue weighted by atomic mass is 10.1. The number of nitro benzene ring substituents is 2. The van der Waals surface area contributed by atoms with Gasteiger partial charge >= 0.3 is 0 Å². The van der Waals surface area contributed by atoms with Gasteiger partial charge in [-0.2, -0.15) is 0 Å². The Kier molecular flexibility index (Phi) is 3.89. The molecule has 0 spiro atoms. The van der Waals surface area contributed by atoms with Crippen LogP contribution in [0.25, 0.3) is 11.0 Å². The van der Waals surface area contributed by atoms with Crippen molar-refractivity contribution in [3.8, 4) is 0 Å². The molecule has 1 aromatic heterocycles. The highest BCUT2D eigenvalue weighted by Crippen LogP contribution is 2.27. The van der Waals surface area contributed by atoms with Crippen molar-refractivity contribution in [2.75, 3.05) is 5.32 Å². The Hall–Kier alpha value is -3.75. The third-order valence-corrected chi connectivity index (χ3v) is 3.68. The molecule has 9 heteroatoms. The lowest BCUT2D eigenvalue weighted by Crippen LogP contribution is -2.11. The van der Waals surface area contributed by atoms with Gasteiger partial charge in [-0.3, -0.25) is 25.0 Å². The van der Waals surface area contributed by atoms with Crippen LogP contribution >= 0.6 is 0 Å². The highest BCUT2D eigenvalue weighted by Gasteiger charge is 2.18. The van der Waals surface area contributed by atoms with Crippen LogP contribution in [0.15, 0.2) is 47.1 Å². The minimum absolute atomic E-state index is 0.0990. The zero-order valence-corrected chi connectivity index (χ0v) is 12.9. The number of carbonyl (C=O) groups is 1. The molecule has 1 heterocycles.